The Kier molecular flexibility index (Phi) is 3.16. The molecule has 1 aliphatic heterocycles. The molecule has 5 atom stereocenters. The van der Waals surface area contributed by atoms with Crippen LogP contribution < -0.4 is 0 Å². The lowest BCUT2D eigenvalue weighted by molar-refractivity contribution is 0.303. The zero-order valence-corrected chi connectivity index (χ0v) is 9.17. The van der Waals surface area contributed by atoms with E-state index in [1.54, 1.807) is 0 Å². The minimum absolute atomic E-state index is 0.837. The van der Waals surface area contributed by atoms with E-state index in [4.69, 9.17) is 0 Å². The third kappa shape index (κ3) is 1.66. The summed E-state index contributed by atoms with van der Waals surface area (Å²) in [5, 5.41) is 0. The van der Waals surface area contributed by atoms with Gasteiger partial charge in [0.2, 0.25) is 0 Å². The topological polar surface area (TPSA) is 3.01 Å². The van der Waals surface area contributed by atoms with Gasteiger partial charge in [0.15, 0.2) is 0 Å². The Labute approximate surface area is 77.1 Å². The predicted molar refractivity (Wildman–Crippen MR) is 54.2 cm³/mol. The van der Waals surface area contributed by atoms with Gasteiger partial charge < -0.3 is 0 Å². The maximum atomic E-state index is 2.50. The van der Waals surface area contributed by atoms with Gasteiger partial charge in [0.1, 0.15) is 0 Å². The van der Waals surface area contributed by atoms with Crippen molar-refractivity contribution in [1.82, 2.24) is 4.90 Å². The zero-order valence-electron chi connectivity index (χ0n) is 9.17. The minimum atomic E-state index is 0.837. The summed E-state index contributed by atoms with van der Waals surface area (Å²) in [7, 11) is 2.25. The van der Waals surface area contributed by atoms with Crippen LogP contribution in [-0.4, -0.2) is 24.0 Å². The summed E-state index contributed by atoms with van der Waals surface area (Å²) in [6.07, 6.45) is 2.67. The Hall–Kier alpha value is -0.0400. The van der Waals surface area contributed by atoms with Gasteiger partial charge in [-0.05, 0) is 25.8 Å². The van der Waals surface area contributed by atoms with Crippen molar-refractivity contribution in [3.63, 3.8) is 0 Å². The standard InChI is InChI=1S/C11H23N/c1-6-8(3)10(7-2)11-9(4)12(11)5/h8-11H,6-7H2,1-5H3. The molecule has 0 aromatic carbocycles. The molecule has 1 heteroatoms. The van der Waals surface area contributed by atoms with E-state index in [2.05, 4.69) is 39.6 Å². The first-order valence-electron chi connectivity index (χ1n) is 5.35. The summed E-state index contributed by atoms with van der Waals surface area (Å²) < 4.78 is 0. The number of hydrogen-bond donors (Lipinski definition) is 0. The highest BCUT2D eigenvalue weighted by Crippen LogP contribution is 2.38. The molecule has 1 rings (SSSR count). The first-order valence-corrected chi connectivity index (χ1v) is 5.35. The van der Waals surface area contributed by atoms with E-state index < -0.39 is 0 Å². The molecule has 0 N–H and O–H groups in total. The third-order valence-electron chi connectivity index (χ3n) is 3.80. The maximum Gasteiger partial charge on any atom is 0.0279 e. The Morgan fingerprint density at radius 1 is 1.25 bits per heavy atom. The van der Waals surface area contributed by atoms with E-state index in [0.29, 0.717) is 0 Å². The van der Waals surface area contributed by atoms with Crippen LogP contribution in [0.5, 0.6) is 0 Å². The van der Waals surface area contributed by atoms with E-state index >= 15 is 0 Å². The second-order valence-electron chi connectivity index (χ2n) is 4.35. The van der Waals surface area contributed by atoms with Crippen LogP contribution in [0, 0.1) is 11.8 Å². The molecule has 1 fully saturated rings. The number of hydrogen-bond acceptors (Lipinski definition) is 1. The average Bonchev–Trinajstić information content (AvgIpc) is 2.63. The molecule has 1 nitrogen and oxygen atoms in total. The van der Waals surface area contributed by atoms with E-state index in [9.17, 15) is 0 Å². The van der Waals surface area contributed by atoms with E-state index in [0.717, 1.165) is 23.9 Å². The fraction of sp³-hybridized carbons (Fsp3) is 1.00. The molecule has 12 heavy (non-hydrogen) atoms. The highest BCUT2D eigenvalue weighted by atomic mass is 15.3. The van der Waals surface area contributed by atoms with Gasteiger partial charge in [-0.2, -0.15) is 0 Å². The summed E-state index contributed by atoms with van der Waals surface area (Å²) >= 11 is 0. The second-order valence-corrected chi connectivity index (χ2v) is 4.35. The molecule has 0 bridgehead atoms. The van der Waals surface area contributed by atoms with Crippen LogP contribution in [0.2, 0.25) is 0 Å². The van der Waals surface area contributed by atoms with E-state index in [1.165, 1.54) is 12.8 Å². The van der Waals surface area contributed by atoms with Crippen molar-refractivity contribution in [3.8, 4) is 0 Å². The lowest BCUT2D eigenvalue weighted by Crippen LogP contribution is -2.19. The molecular weight excluding hydrogens is 146 g/mol. The molecule has 0 radical (unpaired) electrons. The Morgan fingerprint density at radius 2 is 1.75 bits per heavy atom. The molecule has 0 spiro atoms. The molecule has 0 aromatic heterocycles. The van der Waals surface area contributed by atoms with Crippen molar-refractivity contribution in [2.75, 3.05) is 7.05 Å². The SMILES string of the molecule is CCC(C)C(CC)C1C(C)N1C. The fourth-order valence-corrected chi connectivity index (χ4v) is 2.47. The van der Waals surface area contributed by atoms with Crippen molar-refractivity contribution in [3.05, 3.63) is 0 Å². The molecule has 0 amide bonds. The first kappa shape index (κ1) is 10.0. The van der Waals surface area contributed by atoms with Gasteiger partial charge >= 0.3 is 0 Å². The lowest BCUT2D eigenvalue weighted by Gasteiger charge is -2.20. The van der Waals surface area contributed by atoms with Gasteiger partial charge in [0.25, 0.3) is 0 Å². The fourth-order valence-electron chi connectivity index (χ4n) is 2.47. The smallest absolute Gasteiger partial charge is 0.0279 e. The predicted octanol–water partition coefficient (Wildman–Crippen LogP) is 2.76. The van der Waals surface area contributed by atoms with E-state index in [-0.39, 0.29) is 0 Å². The molecule has 0 aliphatic carbocycles. The monoisotopic (exact) mass is 169 g/mol. The Bertz CT molecular complexity index is 136. The molecule has 0 aromatic rings. The van der Waals surface area contributed by atoms with Gasteiger partial charge in [-0.1, -0.05) is 33.6 Å². The summed E-state index contributed by atoms with van der Waals surface area (Å²) in [6.45, 7) is 9.37. The van der Waals surface area contributed by atoms with Crippen LogP contribution in [0.3, 0.4) is 0 Å². The highest BCUT2D eigenvalue weighted by Gasteiger charge is 2.46. The lowest BCUT2D eigenvalue weighted by atomic mass is 9.85. The maximum absolute atomic E-state index is 2.50. The zero-order chi connectivity index (χ0) is 9.30. The molecule has 1 heterocycles. The second kappa shape index (κ2) is 3.78. The van der Waals surface area contributed by atoms with Gasteiger partial charge in [-0.3, -0.25) is 4.90 Å². The minimum Gasteiger partial charge on any atom is -0.297 e. The number of likely N-dealkylation sites (N-methyl/N-ethyl adjacent to an activating group) is 1. The van der Waals surface area contributed by atoms with Crippen LogP contribution in [0.15, 0.2) is 0 Å². The quantitative estimate of drug-likeness (QED) is 0.585. The van der Waals surface area contributed by atoms with Crippen molar-refractivity contribution in [2.45, 2.75) is 52.6 Å². The van der Waals surface area contributed by atoms with Crippen LogP contribution in [-0.2, 0) is 0 Å². The highest BCUT2D eigenvalue weighted by molar-refractivity contribution is 5.01. The van der Waals surface area contributed by atoms with Crippen LogP contribution in [0.4, 0.5) is 0 Å². The molecule has 72 valence electrons. The van der Waals surface area contributed by atoms with Crippen LogP contribution in [0.25, 0.3) is 0 Å². The van der Waals surface area contributed by atoms with Crippen molar-refractivity contribution in [2.24, 2.45) is 11.8 Å². The first-order chi connectivity index (χ1) is 5.63. The Morgan fingerprint density at radius 3 is 2.00 bits per heavy atom. The summed E-state index contributed by atoms with van der Waals surface area (Å²) in [5.41, 5.74) is 0. The van der Waals surface area contributed by atoms with Gasteiger partial charge in [-0.25, -0.2) is 0 Å². The largest absolute Gasteiger partial charge is 0.297 e. The number of rotatable bonds is 4. The molecule has 1 aliphatic rings. The van der Waals surface area contributed by atoms with Gasteiger partial charge in [0, 0.05) is 12.1 Å². The van der Waals surface area contributed by atoms with Gasteiger partial charge in [0.05, 0.1) is 0 Å². The normalized spacial score (nSPS) is 39.2. The van der Waals surface area contributed by atoms with Crippen molar-refractivity contribution < 1.29 is 0 Å². The van der Waals surface area contributed by atoms with Crippen molar-refractivity contribution >= 4 is 0 Å². The van der Waals surface area contributed by atoms with Crippen LogP contribution >= 0.6 is 0 Å². The van der Waals surface area contributed by atoms with Crippen LogP contribution in [0.1, 0.15) is 40.5 Å². The van der Waals surface area contributed by atoms with Gasteiger partial charge in [-0.15, -0.1) is 0 Å². The Balaban J connectivity index is 2.47. The summed E-state index contributed by atoms with van der Waals surface area (Å²) in [4.78, 5) is 2.50. The molecule has 0 saturated carbocycles. The average molecular weight is 169 g/mol. The summed E-state index contributed by atoms with van der Waals surface area (Å²) in [5.74, 6) is 1.82. The molecule has 1 saturated heterocycles. The van der Waals surface area contributed by atoms with Crippen molar-refractivity contribution in [1.29, 1.82) is 0 Å². The number of nitrogens with zero attached hydrogens (tertiary/aromatic N) is 1. The molecule has 5 unspecified atom stereocenters. The molecular formula is C11H23N. The summed E-state index contributed by atoms with van der Waals surface area (Å²) in [6, 6.07) is 1.72. The third-order valence-corrected chi connectivity index (χ3v) is 3.80. The van der Waals surface area contributed by atoms with E-state index in [1.807, 2.05) is 0 Å².